The Kier molecular flexibility index (Phi) is 11.6. The van der Waals surface area contributed by atoms with Gasteiger partial charge in [-0.15, -0.1) is 53.6 Å². The predicted molar refractivity (Wildman–Crippen MR) is 225 cm³/mol. The van der Waals surface area contributed by atoms with Gasteiger partial charge in [-0.1, -0.05) is 155 Å². The van der Waals surface area contributed by atoms with Gasteiger partial charge in [-0.2, -0.15) is 0 Å². The fraction of sp³-hybridized carbons (Fsp3) is 0.184. The smallest absolute Gasteiger partial charge is 0.120 e. The van der Waals surface area contributed by atoms with Crippen molar-refractivity contribution < 1.29 is 24.5 Å². The molecular formula is C49H46IrN2OSi-2. The molecule has 0 spiro atoms. The van der Waals surface area contributed by atoms with Crippen LogP contribution in [0.3, 0.4) is 0 Å². The van der Waals surface area contributed by atoms with Crippen molar-refractivity contribution in [3.63, 3.8) is 0 Å². The van der Waals surface area contributed by atoms with Crippen LogP contribution in [0.2, 0.25) is 19.6 Å². The second-order valence-corrected chi connectivity index (χ2v) is 20.6. The monoisotopic (exact) mass is 899 g/mol. The predicted octanol–water partition coefficient (Wildman–Crippen LogP) is 12.7. The molecule has 8 aromatic rings. The maximum absolute atomic E-state index is 6.18. The van der Waals surface area contributed by atoms with Gasteiger partial charge in [0.15, 0.2) is 0 Å². The summed E-state index contributed by atoms with van der Waals surface area (Å²) in [5, 5.41) is 3.68. The molecule has 1 radical (unpaired) electrons. The van der Waals surface area contributed by atoms with Crippen molar-refractivity contribution in [2.75, 3.05) is 0 Å². The minimum Gasteiger partial charge on any atom is -0.501 e. The Bertz CT molecular complexity index is 2500. The van der Waals surface area contributed by atoms with Crippen LogP contribution < -0.4 is 5.19 Å². The molecule has 0 bridgehead atoms. The maximum Gasteiger partial charge on any atom is 0.120 e. The molecule has 8 rings (SSSR count). The third kappa shape index (κ3) is 8.10. The quantitative estimate of drug-likeness (QED) is 0.118. The fourth-order valence-corrected chi connectivity index (χ4v) is 8.68. The molecule has 54 heavy (non-hydrogen) atoms. The fourth-order valence-electron chi connectivity index (χ4n) is 7.01. The van der Waals surface area contributed by atoms with E-state index in [9.17, 15) is 0 Å². The van der Waals surface area contributed by atoms with E-state index in [-0.39, 0.29) is 25.5 Å². The second kappa shape index (κ2) is 16.2. The standard InChI is InChI=1S/C26H20NO.C23H26NSi.Ir/c1-26(2,18-9-4-3-5-10-18)19-15-16-27-23(17-19)22-13-8-12-21-20-11-6-7-14-24(20)28-25(21)22;1-17(2)21-15-22(24-16-23(21)25(3,4)5)20-13-9-12-19(14-20)18-10-7-6-8-11-18;/h3-12,14-17H,1-2H3;6-12,14-17H,1-5H3;/q2*-1;. The van der Waals surface area contributed by atoms with Crippen molar-refractivity contribution in [3.05, 3.63) is 175 Å². The van der Waals surface area contributed by atoms with Crippen LogP contribution >= 0.6 is 0 Å². The molecule has 273 valence electrons. The van der Waals surface area contributed by atoms with Crippen LogP contribution in [0.1, 0.15) is 50.3 Å². The van der Waals surface area contributed by atoms with Crippen molar-refractivity contribution >= 4 is 35.2 Å². The van der Waals surface area contributed by atoms with Crippen LogP contribution in [0, 0.1) is 12.1 Å². The summed E-state index contributed by atoms with van der Waals surface area (Å²) in [6.07, 6.45) is 3.99. The molecule has 0 atom stereocenters. The summed E-state index contributed by atoms with van der Waals surface area (Å²) in [6, 6.07) is 52.7. The largest absolute Gasteiger partial charge is 0.501 e. The van der Waals surface area contributed by atoms with Crippen molar-refractivity contribution in [2.45, 2.75) is 58.7 Å². The Balaban J connectivity index is 0.000000182. The summed E-state index contributed by atoms with van der Waals surface area (Å²) in [4.78, 5) is 9.44. The zero-order valence-electron chi connectivity index (χ0n) is 32.1. The van der Waals surface area contributed by atoms with E-state index >= 15 is 0 Å². The summed E-state index contributed by atoms with van der Waals surface area (Å²) in [5.41, 5.74) is 11.8. The minimum absolute atomic E-state index is 0. The Hall–Kier alpha value is -4.93. The molecule has 0 aliphatic rings. The third-order valence-electron chi connectivity index (χ3n) is 10.1. The van der Waals surface area contributed by atoms with Crippen LogP contribution in [0.4, 0.5) is 0 Å². The number of benzene rings is 5. The van der Waals surface area contributed by atoms with Crippen LogP contribution in [-0.2, 0) is 25.5 Å². The van der Waals surface area contributed by atoms with Gasteiger partial charge < -0.3 is 14.4 Å². The number of aromatic nitrogens is 2. The zero-order chi connectivity index (χ0) is 37.2. The number of rotatable bonds is 7. The molecule has 5 heteroatoms. The van der Waals surface area contributed by atoms with E-state index in [1.807, 2.05) is 42.6 Å². The molecule has 0 amide bonds. The first kappa shape index (κ1) is 38.8. The Morgan fingerprint density at radius 2 is 1.33 bits per heavy atom. The number of para-hydroxylation sites is 1. The van der Waals surface area contributed by atoms with Gasteiger partial charge in [0.1, 0.15) is 5.58 Å². The minimum atomic E-state index is -1.40. The van der Waals surface area contributed by atoms with Crippen LogP contribution in [-0.4, -0.2) is 18.0 Å². The molecule has 0 fully saturated rings. The van der Waals surface area contributed by atoms with Crippen molar-refractivity contribution in [1.29, 1.82) is 0 Å². The van der Waals surface area contributed by atoms with E-state index in [0.29, 0.717) is 5.92 Å². The van der Waals surface area contributed by atoms with E-state index in [1.54, 1.807) is 0 Å². The number of hydrogen-bond donors (Lipinski definition) is 0. The molecule has 3 heterocycles. The SMILES string of the molecule is CC(C)(c1ccccc1)c1ccnc(-c2[c-]ccc3c2oc2ccccc23)c1.CC(C)c1cc(-c2[c-]ccc(-c3ccccc3)c2)ncc1[Si](C)(C)C.[Ir]. The number of pyridine rings is 2. The molecular weight excluding hydrogens is 853 g/mol. The third-order valence-corrected chi connectivity index (χ3v) is 12.2. The normalized spacial score (nSPS) is 11.6. The van der Waals surface area contributed by atoms with Crippen LogP contribution in [0.5, 0.6) is 0 Å². The van der Waals surface area contributed by atoms with E-state index in [0.717, 1.165) is 44.5 Å². The Morgan fingerprint density at radius 3 is 2.06 bits per heavy atom. The average molecular weight is 899 g/mol. The summed E-state index contributed by atoms with van der Waals surface area (Å²) < 4.78 is 6.18. The Labute approximate surface area is 334 Å². The number of fused-ring (bicyclic) bond motifs is 3. The van der Waals surface area contributed by atoms with Gasteiger partial charge in [0.05, 0.1) is 13.7 Å². The van der Waals surface area contributed by atoms with E-state index in [1.165, 1.54) is 33.0 Å². The van der Waals surface area contributed by atoms with E-state index in [4.69, 9.17) is 9.40 Å². The summed E-state index contributed by atoms with van der Waals surface area (Å²) in [6.45, 7) is 16.2. The number of nitrogens with zero attached hydrogens (tertiary/aromatic N) is 2. The Morgan fingerprint density at radius 1 is 0.648 bits per heavy atom. The summed E-state index contributed by atoms with van der Waals surface area (Å²) in [7, 11) is -1.40. The van der Waals surface area contributed by atoms with Crippen molar-refractivity contribution in [3.8, 4) is 33.6 Å². The van der Waals surface area contributed by atoms with Crippen LogP contribution in [0.25, 0.3) is 55.6 Å². The van der Waals surface area contributed by atoms with Gasteiger partial charge in [0.2, 0.25) is 0 Å². The molecule has 3 aromatic heterocycles. The molecule has 0 aliphatic carbocycles. The number of hydrogen-bond acceptors (Lipinski definition) is 3. The van der Waals surface area contributed by atoms with Crippen LogP contribution in [0.15, 0.2) is 150 Å². The van der Waals surface area contributed by atoms with E-state index < -0.39 is 8.07 Å². The van der Waals surface area contributed by atoms with Gasteiger partial charge in [-0.05, 0) is 51.3 Å². The first-order valence-electron chi connectivity index (χ1n) is 18.4. The molecule has 0 saturated carbocycles. The first-order valence-corrected chi connectivity index (χ1v) is 21.9. The zero-order valence-corrected chi connectivity index (χ0v) is 35.5. The molecule has 0 unspecified atom stereocenters. The molecule has 3 nitrogen and oxygen atoms in total. The second-order valence-electron chi connectivity index (χ2n) is 15.5. The molecule has 5 aromatic carbocycles. The molecule has 0 saturated heterocycles. The van der Waals surface area contributed by atoms with Gasteiger partial charge in [-0.3, -0.25) is 0 Å². The van der Waals surface area contributed by atoms with Gasteiger partial charge in [-0.25, -0.2) is 0 Å². The maximum atomic E-state index is 6.18. The molecule has 0 aliphatic heterocycles. The summed E-state index contributed by atoms with van der Waals surface area (Å²) >= 11 is 0. The van der Waals surface area contributed by atoms with Gasteiger partial charge in [0.25, 0.3) is 0 Å². The van der Waals surface area contributed by atoms with Crippen molar-refractivity contribution in [2.24, 2.45) is 0 Å². The topological polar surface area (TPSA) is 38.9 Å². The van der Waals surface area contributed by atoms with Gasteiger partial charge in [0, 0.05) is 43.3 Å². The van der Waals surface area contributed by atoms with Crippen molar-refractivity contribution in [1.82, 2.24) is 9.97 Å². The summed E-state index contributed by atoms with van der Waals surface area (Å²) in [5.74, 6) is 0.501. The number of furan rings is 1. The first-order chi connectivity index (χ1) is 25.5. The average Bonchev–Trinajstić information content (AvgIpc) is 3.57. The molecule has 0 N–H and O–H groups in total. The van der Waals surface area contributed by atoms with E-state index in [2.05, 4.69) is 168 Å². The van der Waals surface area contributed by atoms with Gasteiger partial charge >= 0.3 is 0 Å².